The number of aryl methyl sites for hydroxylation is 2. The molecule has 2 aromatic rings. The monoisotopic (exact) mass is 358 g/mol. The van der Waals surface area contributed by atoms with Gasteiger partial charge in [-0.3, -0.25) is 4.90 Å². The minimum atomic E-state index is -0.440. The van der Waals surface area contributed by atoms with Crippen molar-refractivity contribution in [1.82, 2.24) is 9.88 Å². The molecule has 1 fully saturated rings. The molecule has 142 valence electrons. The van der Waals surface area contributed by atoms with E-state index in [1.165, 1.54) is 5.56 Å². The maximum absolute atomic E-state index is 10.4. The van der Waals surface area contributed by atoms with Crippen LogP contribution < -0.4 is 0 Å². The molecule has 0 amide bonds. The third-order valence-electron chi connectivity index (χ3n) is 5.56. The fourth-order valence-corrected chi connectivity index (χ4v) is 4.04. The molecule has 5 nitrogen and oxygen atoms in total. The molecule has 1 aliphatic rings. The van der Waals surface area contributed by atoms with Gasteiger partial charge in [-0.15, -0.1) is 0 Å². The minimum absolute atomic E-state index is 0.0187. The number of hydrogen-bond donors (Lipinski definition) is 2. The number of piperidine rings is 1. The van der Waals surface area contributed by atoms with Crippen molar-refractivity contribution in [3.8, 4) is 11.5 Å². The van der Waals surface area contributed by atoms with Gasteiger partial charge in [-0.25, -0.2) is 4.98 Å². The molecule has 1 aliphatic heterocycles. The standard InChI is InChI=1S/C21H30N2O3/c1-4-9-21(14-24)13-23(10-8-19(21)25)12-18-16(3)26-20(22-18)17-7-5-6-15(2)11-17/h5-7,11,19,24-25H,4,8-10,12-14H2,1-3H3/t19-,21-/m0/s1. The maximum Gasteiger partial charge on any atom is 0.226 e. The largest absolute Gasteiger partial charge is 0.441 e. The van der Waals surface area contributed by atoms with Gasteiger partial charge in [-0.05, 0) is 38.8 Å². The Morgan fingerprint density at radius 3 is 2.85 bits per heavy atom. The zero-order chi connectivity index (χ0) is 18.7. The van der Waals surface area contributed by atoms with Crippen LogP contribution in [0.1, 0.15) is 43.2 Å². The number of likely N-dealkylation sites (tertiary alicyclic amines) is 1. The SMILES string of the molecule is CCC[C@@]1(CO)CN(Cc2nc(-c3cccc(C)c3)oc2C)CC[C@@H]1O. The van der Waals surface area contributed by atoms with Crippen molar-refractivity contribution in [3.63, 3.8) is 0 Å². The quantitative estimate of drug-likeness (QED) is 0.829. The number of aliphatic hydroxyl groups is 2. The molecule has 1 aromatic carbocycles. The van der Waals surface area contributed by atoms with Crippen LogP contribution in [0.5, 0.6) is 0 Å². The third-order valence-corrected chi connectivity index (χ3v) is 5.56. The van der Waals surface area contributed by atoms with Crippen LogP contribution in [-0.2, 0) is 6.54 Å². The summed E-state index contributed by atoms with van der Waals surface area (Å²) in [5, 5.41) is 20.4. The Morgan fingerprint density at radius 1 is 1.35 bits per heavy atom. The predicted molar refractivity (Wildman–Crippen MR) is 102 cm³/mol. The summed E-state index contributed by atoms with van der Waals surface area (Å²) in [5.41, 5.74) is 2.67. The highest BCUT2D eigenvalue weighted by Crippen LogP contribution is 2.35. The first kappa shape index (κ1) is 19.1. The Morgan fingerprint density at radius 2 is 2.15 bits per heavy atom. The number of rotatable bonds is 6. The molecule has 1 saturated heterocycles. The number of aliphatic hydroxyl groups excluding tert-OH is 2. The third kappa shape index (κ3) is 3.85. The Balaban J connectivity index is 1.77. The van der Waals surface area contributed by atoms with E-state index in [0.29, 0.717) is 25.4 Å². The number of oxazole rings is 1. The molecule has 0 saturated carbocycles. The summed E-state index contributed by atoms with van der Waals surface area (Å²) in [7, 11) is 0. The summed E-state index contributed by atoms with van der Waals surface area (Å²) in [4.78, 5) is 7.00. The molecule has 2 N–H and O–H groups in total. The van der Waals surface area contributed by atoms with Crippen LogP contribution in [0.2, 0.25) is 0 Å². The normalized spacial score (nSPS) is 24.1. The second-order valence-electron chi connectivity index (χ2n) is 7.68. The van der Waals surface area contributed by atoms with Crippen molar-refractivity contribution in [2.45, 2.75) is 52.7 Å². The van der Waals surface area contributed by atoms with E-state index in [0.717, 1.165) is 36.4 Å². The van der Waals surface area contributed by atoms with Gasteiger partial charge in [0.05, 0.1) is 18.4 Å². The lowest BCUT2D eigenvalue weighted by atomic mass is 9.74. The molecule has 0 bridgehead atoms. The van der Waals surface area contributed by atoms with E-state index in [1.54, 1.807) is 0 Å². The fraction of sp³-hybridized carbons (Fsp3) is 0.571. The highest BCUT2D eigenvalue weighted by molar-refractivity contribution is 5.54. The predicted octanol–water partition coefficient (Wildman–Crippen LogP) is 3.30. The molecule has 0 aliphatic carbocycles. The van der Waals surface area contributed by atoms with Crippen molar-refractivity contribution in [1.29, 1.82) is 0 Å². The molecule has 0 radical (unpaired) electrons. The van der Waals surface area contributed by atoms with Gasteiger partial charge in [0.15, 0.2) is 0 Å². The number of aromatic nitrogens is 1. The molecular formula is C21H30N2O3. The molecule has 5 heteroatoms. The molecule has 0 unspecified atom stereocenters. The second-order valence-corrected chi connectivity index (χ2v) is 7.68. The van der Waals surface area contributed by atoms with Crippen LogP contribution in [0, 0.1) is 19.3 Å². The lowest BCUT2D eigenvalue weighted by molar-refractivity contribution is -0.0822. The van der Waals surface area contributed by atoms with Gasteiger partial charge >= 0.3 is 0 Å². The minimum Gasteiger partial charge on any atom is -0.441 e. The molecule has 26 heavy (non-hydrogen) atoms. The molecule has 2 heterocycles. The van der Waals surface area contributed by atoms with E-state index in [-0.39, 0.29) is 6.61 Å². The van der Waals surface area contributed by atoms with Gasteiger partial charge in [0.2, 0.25) is 5.89 Å². The molecule has 1 aromatic heterocycles. The van der Waals surface area contributed by atoms with Crippen molar-refractivity contribution in [3.05, 3.63) is 41.3 Å². The highest BCUT2D eigenvalue weighted by atomic mass is 16.4. The summed E-state index contributed by atoms with van der Waals surface area (Å²) >= 11 is 0. The highest BCUT2D eigenvalue weighted by Gasteiger charge is 2.41. The van der Waals surface area contributed by atoms with E-state index >= 15 is 0 Å². The zero-order valence-corrected chi connectivity index (χ0v) is 16.0. The number of nitrogens with zero attached hydrogens (tertiary/aromatic N) is 2. The first-order valence-corrected chi connectivity index (χ1v) is 9.52. The summed E-state index contributed by atoms with van der Waals surface area (Å²) < 4.78 is 5.91. The van der Waals surface area contributed by atoms with Crippen LogP contribution in [0.25, 0.3) is 11.5 Å². The zero-order valence-electron chi connectivity index (χ0n) is 16.0. The topological polar surface area (TPSA) is 69.7 Å². The number of hydrogen-bond acceptors (Lipinski definition) is 5. The Labute approximate surface area is 155 Å². The lowest BCUT2D eigenvalue weighted by Crippen LogP contribution is -2.53. The van der Waals surface area contributed by atoms with Crippen molar-refractivity contribution >= 4 is 0 Å². The van der Waals surface area contributed by atoms with Crippen LogP contribution in [-0.4, -0.2) is 45.9 Å². The average Bonchev–Trinajstić information content (AvgIpc) is 2.99. The lowest BCUT2D eigenvalue weighted by Gasteiger charge is -2.45. The summed E-state index contributed by atoms with van der Waals surface area (Å²) in [5.74, 6) is 1.48. The Bertz CT molecular complexity index is 743. The number of benzene rings is 1. The van der Waals surface area contributed by atoms with Crippen molar-refractivity contribution < 1.29 is 14.6 Å². The molecule has 2 atom stereocenters. The van der Waals surface area contributed by atoms with Gasteiger partial charge in [0, 0.05) is 30.6 Å². The van der Waals surface area contributed by atoms with E-state index < -0.39 is 11.5 Å². The van der Waals surface area contributed by atoms with Crippen LogP contribution in [0.3, 0.4) is 0 Å². The second kappa shape index (κ2) is 7.91. The van der Waals surface area contributed by atoms with Crippen LogP contribution in [0.15, 0.2) is 28.7 Å². The summed E-state index contributed by atoms with van der Waals surface area (Å²) in [6.07, 6.45) is 2.02. The van der Waals surface area contributed by atoms with E-state index in [2.05, 4.69) is 30.9 Å². The molecule has 0 spiro atoms. The summed E-state index contributed by atoms with van der Waals surface area (Å²) in [6.45, 7) is 8.29. The maximum atomic E-state index is 10.4. The first-order valence-electron chi connectivity index (χ1n) is 9.52. The van der Waals surface area contributed by atoms with Crippen LogP contribution >= 0.6 is 0 Å². The van der Waals surface area contributed by atoms with Gasteiger partial charge in [0.1, 0.15) is 5.76 Å². The van der Waals surface area contributed by atoms with E-state index in [1.807, 2.05) is 19.1 Å². The van der Waals surface area contributed by atoms with E-state index in [9.17, 15) is 10.2 Å². The van der Waals surface area contributed by atoms with Gasteiger partial charge in [-0.1, -0.05) is 31.0 Å². The Kier molecular flexibility index (Phi) is 5.80. The fourth-order valence-electron chi connectivity index (χ4n) is 4.04. The first-order chi connectivity index (χ1) is 12.5. The molecular weight excluding hydrogens is 328 g/mol. The summed E-state index contributed by atoms with van der Waals surface area (Å²) in [6, 6.07) is 8.15. The van der Waals surface area contributed by atoms with Gasteiger partial charge < -0.3 is 14.6 Å². The van der Waals surface area contributed by atoms with E-state index in [4.69, 9.17) is 9.40 Å². The van der Waals surface area contributed by atoms with Crippen molar-refractivity contribution in [2.75, 3.05) is 19.7 Å². The molecule has 3 rings (SSSR count). The Hall–Kier alpha value is -1.69. The van der Waals surface area contributed by atoms with Crippen LogP contribution in [0.4, 0.5) is 0 Å². The smallest absolute Gasteiger partial charge is 0.226 e. The van der Waals surface area contributed by atoms with Crippen molar-refractivity contribution in [2.24, 2.45) is 5.41 Å². The van der Waals surface area contributed by atoms with Gasteiger partial charge in [-0.2, -0.15) is 0 Å². The van der Waals surface area contributed by atoms with Gasteiger partial charge in [0.25, 0.3) is 0 Å². The average molecular weight is 358 g/mol.